The highest BCUT2D eigenvalue weighted by Gasteiger charge is 2.14. The van der Waals surface area contributed by atoms with Crippen LogP contribution in [0.4, 0.5) is 10.1 Å². The summed E-state index contributed by atoms with van der Waals surface area (Å²) in [6.07, 6.45) is 0. The van der Waals surface area contributed by atoms with Crippen LogP contribution >= 0.6 is 0 Å². The highest BCUT2D eigenvalue weighted by atomic mass is 19.1. The molecule has 4 heteroatoms. The minimum atomic E-state index is -0.322. The van der Waals surface area contributed by atoms with Gasteiger partial charge in [0.05, 0.1) is 0 Å². The van der Waals surface area contributed by atoms with Gasteiger partial charge in [-0.2, -0.15) is 0 Å². The third-order valence-corrected chi connectivity index (χ3v) is 2.54. The van der Waals surface area contributed by atoms with E-state index >= 15 is 0 Å². The second kappa shape index (κ2) is 4.49. The molecule has 0 saturated carbocycles. The van der Waals surface area contributed by atoms with E-state index in [4.69, 9.17) is 10.5 Å². The van der Waals surface area contributed by atoms with Gasteiger partial charge in [-0.05, 0) is 18.2 Å². The molecule has 1 aliphatic rings. The minimum Gasteiger partial charge on any atom is -0.492 e. The Kier molecular flexibility index (Phi) is 3.06. The van der Waals surface area contributed by atoms with E-state index < -0.39 is 0 Å². The molecule has 0 aliphatic carbocycles. The Bertz CT molecular complexity index is 343. The number of hydrogen-bond donors (Lipinski definition) is 1. The van der Waals surface area contributed by atoms with Crippen LogP contribution in [-0.2, 0) is 6.54 Å². The van der Waals surface area contributed by atoms with Crippen LogP contribution in [0.25, 0.3) is 0 Å². The largest absolute Gasteiger partial charge is 0.492 e. The zero-order chi connectivity index (χ0) is 10.7. The van der Waals surface area contributed by atoms with Gasteiger partial charge in [-0.1, -0.05) is 0 Å². The molecular weight excluding hydrogens is 195 g/mol. The number of halogens is 1. The van der Waals surface area contributed by atoms with Crippen molar-refractivity contribution in [3.05, 3.63) is 23.8 Å². The van der Waals surface area contributed by atoms with Gasteiger partial charge in [-0.25, -0.2) is 4.39 Å². The molecule has 1 heterocycles. The van der Waals surface area contributed by atoms with Crippen LogP contribution in [0.15, 0.2) is 18.2 Å². The summed E-state index contributed by atoms with van der Waals surface area (Å²) in [5.74, 6) is 0.866. The van der Waals surface area contributed by atoms with Gasteiger partial charge in [-0.3, -0.25) is 4.90 Å². The Labute approximate surface area is 88.6 Å². The molecule has 0 bridgehead atoms. The fraction of sp³-hybridized carbons (Fsp3) is 0.455. The SMILES string of the molecule is Nc1ccc2c(c1)CN(CCF)CCO2. The molecule has 1 aliphatic heterocycles. The number of ether oxygens (including phenoxy) is 1. The predicted octanol–water partition coefficient (Wildman–Crippen LogP) is 1.43. The molecule has 2 rings (SSSR count). The van der Waals surface area contributed by atoms with Gasteiger partial charge >= 0.3 is 0 Å². The van der Waals surface area contributed by atoms with Crippen molar-refractivity contribution >= 4 is 5.69 Å². The molecule has 2 N–H and O–H groups in total. The van der Waals surface area contributed by atoms with Gasteiger partial charge in [0, 0.05) is 30.9 Å². The molecule has 0 spiro atoms. The summed E-state index contributed by atoms with van der Waals surface area (Å²) in [7, 11) is 0. The summed E-state index contributed by atoms with van der Waals surface area (Å²) in [5.41, 5.74) is 7.47. The highest BCUT2D eigenvalue weighted by molar-refractivity contribution is 5.48. The number of nitrogens with two attached hydrogens (primary N) is 1. The number of hydrogen-bond acceptors (Lipinski definition) is 3. The van der Waals surface area contributed by atoms with E-state index in [0.29, 0.717) is 19.7 Å². The Morgan fingerprint density at radius 1 is 1.47 bits per heavy atom. The number of nitrogen functional groups attached to an aromatic ring is 1. The first-order valence-electron chi connectivity index (χ1n) is 5.09. The Morgan fingerprint density at radius 2 is 2.33 bits per heavy atom. The normalized spacial score (nSPS) is 16.6. The van der Waals surface area contributed by atoms with Crippen molar-refractivity contribution in [1.82, 2.24) is 4.90 Å². The van der Waals surface area contributed by atoms with Gasteiger partial charge in [0.2, 0.25) is 0 Å². The maximum absolute atomic E-state index is 12.3. The van der Waals surface area contributed by atoms with Crippen LogP contribution in [-0.4, -0.2) is 31.3 Å². The highest BCUT2D eigenvalue weighted by Crippen LogP contribution is 2.24. The first-order valence-corrected chi connectivity index (χ1v) is 5.09. The quantitative estimate of drug-likeness (QED) is 0.750. The minimum absolute atomic E-state index is 0.322. The number of benzene rings is 1. The number of anilines is 1. The molecule has 3 nitrogen and oxygen atoms in total. The maximum Gasteiger partial charge on any atom is 0.124 e. The van der Waals surface area contributed by atoms with E-state index in [1.165, 1.54) is 0 Å². The van der Waals surface area contributed by atoms with E-state index in [0.717, 1.165) is 23.5 Å². The number of alkyl halides is 1. The van der Waals surface area contributed by atoms with E-state index in [9.17, 15) is 4.39 Å². The average molecular weight is 210 g/mol. The standard InChI is InChI=1S/C11H15FN2O/c12-3-4-14-5-6-15-11-2-1-10(13)7-9(11)8-14/h1-2,7H,3-6,8,13H2. The molecular formula is C11H15FN2O. The van der Waals surface area contributed by atoms with E-state index in [-0.39, 0.29) is 6.67 Å². The molecule has 0 amide bonds. The van der Waals surface area contributed by atoms with Crippen molar-refractivity contribution < 1.29 is 9.13 Å². The average Bonchev–Trinajstić information content (AvgIpc) is 2.39. The fourth-order valence-corrected chi connectivity index (χ4v) is 1.78. The molecule has 0 radical (unpaired) electrons. The predicted molar refractivity (Wildman–Crippen MR) is 57.6 cm³/mol. The van der Waals surface area contributed by atoms with Crippen molar-refractivity contribution in [3.63, 3.8) is 0 Å². The first kappa shape index (κ1) is 10.2. The van der Waals surface area contributed by atoms with Crippen LogP contribution in [0.2, 0.25) is 0 Å². The summed E-state index contributed by atoms with van der Waals surface area (Å²) in [6, 6.07) is 5.60. The van der Waals surface area contributed by atoms with Crippen LogP contribution in [0, 0.1) is 0 Å². The lowest BCUT2D eigenvalue weighted by molar-refractivity contribution is 0.211. The monoisotopic (exact) mass is 210 g/mol. The Balaban J connectivity index is 2.19. The van der Waals surface area contributed by atoms with Crippen molar-refractivity contribution in [2.75, 3.05) is 32.1 Å². The molecule has 0 unspecified atom stereocenters. The zero-order valence-corrected chi connectivity index (χ0v) is 8.58. The van der Waals surface area contributed by atoms with Crippen LogP contribution in [0.1, 0.15) is 5.56 Å². The number of rotatable bonds is 2. The first-order chi connectivity index (χ1) is 7.29. The lowest BCUT2D eigenvalue weighted by Crippen LogP contribution is -2.27. The molecule has 0 aromatic heterocycles. The van der Waals surface area contributed by atoms with Crippen molar-refractivity contribution in [1.29, 1.82) is 0 Å². The summed E-state index contributed by atoms with van der Waals surface area (Å²) < 4.78 is 17.8. The fourth-order valence-electron chi connectivity index (χ4n) is 1.78. The Hall–Kier alpha value is -1.29. The van der Waals surface area contributed by atoms with Crippen molar-refractivity contribution in [3.8, 4) is 5.75 Å². The topological polar surface area (TPSA) is 38.5 Å². The van der Waals surface area contributed by atoms with E-state index in [1.807, 2.05) is 23.1 Å². The smallest absolute Gasteiger partial charge is 0.124 e. The van der Waals surface area contributed by atoms with Gasteiger partial charge in [0.25, 0.3) is 0 Å². The van der Waals surface area contributed by atoms with E-state index in [2.05, 4.69) is 0 Å². The molecule has 0 saturated heterocycles. The van der Waals surface area contributed by atoms with Crippen LogP contribution in [0.3, 0.4) is 0 Å². The van der Waals surface area contributed by atoms with Crippen molar-refractivity contribution in [2.45, 2.75) is 6.54 Å². The summed E-state index contributed by atoms with van der Waals surface area (Å²) in [4.78, 5) is 2.03. The summed E-state index contributed by atoms with van der Waals surface area (Å²) in [5, 5.41) is 0. The molecule has 1 aromatic rings. The number of fused-ring (bicyclic) bond motifs is 1. The van der Waals surface area contributed by atoms with Gasteiger partial charge < -0.3 is 10.5 Å². The molecule has 15 heavy (non-hydrogen) atoms. The van der Waals surface area contributed by atoms with Gasteiger partial charge in [0.1, 0.15) is 19.0 Å². The second-order valence-electron chi connectivity index (χ2n) is 3.68. The lowest BCUT2D eigenvalue weighted by atomic mass is 10.1. The third-order valence-electron chi connectivity index (χ3n) is 2.54. The molecule has 1 aromatic carbocycles. The molecule has 82 valence electrons. The van der Waals surface area contributed by atoms with E-state index in [1.54, 1.807) is 0 Å². The summed E-state index contributed by atoms with van der Waals surface area (Å²) in [6.45, 7) is 2.22. The van der Waals surface area contributed by atoms with Crippen LogP contribution < -0.4 is 10.5 Å². The second-order valence-corrected chi connectivity index (χ2v) is 3.68. The third kappa shape index (κ3) is 2.39. The summed E-state index contributed by atoms with van der Waals surface area (Å²) >= 11 is 0. The van der Waals surface area contributed by atoms with Gasteiger partial charge in [0.15, 0.2) is 0 Å². The zero-order valence-electron chi connectivity index (χ0n) is 8.58. The maximum atomic E-state index is 12.3. The van der Waals surface area contributed by atoms with Crippen molar-refractivity contribution in [2.24, 2.45) is 0 Å². The van der Waals surface area contributed by atoms with Gasteiger partial charge in [-0.15, -0.1) is 0 Å². The van der Waals surface area contributed by atoms with Crippen LogP contribution in [0.5, 0.6) is 5.75 Å². The number of nitrogens with zero attached hydrogens (tertiary/aromatic N) is 1. The molecule has 0 atom stereocenters. The lowest BCUT2D eigenvalue weighted by Gasteiger charge is -2.16. The molecule has 0 fully saturated rings. The Morgan fingerprint density at radius 3 is 3.13 bits per heavy atom.